The number of nitrogens with zero attached hydrogens (tertiary/aromatic N) is 3. The topological polar surface area (TPSA) is 109 Å². The van der Waals surface area contributed by atoms with Crippen molar-refractivity contribution in [2.45, 2.75) is 39.8 Å². The molecule has 4 aromatic rings. The number of methoxy groups -OCH3 is 1. The fourth-order valence-electron chi connectivity index (χ4n) is 5.65. The van der Waals surface area contributed by atoms with Crippen molar-refractivity contribution in [3.8, 4) is 5.69 Å². The Morgan fingerprint density at radius 3 is 2.50 bits per heavy atom. The van der Waals surface area contributed by atoms with Crippen LogP contribution in [0.2, 0.25) is 0 Å². The number of anilines is 2. The van der Waals surface area contributed by atoms with E-state index in [1.165, 1.54) is 7.11 Å². The van der Waals surface area contributed by atoms with Gasteiger partial charge in [0.1, 0.15) is 6.61 Å². The summed E-state index contributed by atoms with van der Waals surface area (Å²) in [5.41, 5.74) is 8.29. The molecule has 1 aliphatic rings. The SMILES string of the molecule is COCC(=O)Nc1ccc(N2C(=S)NC(c3ccccn3)C2c2cc(C)n(-c3cc(C(=O)O)ccc3C)c2C)cc1C. The minimum atomic E-state index is -0.970. The first-order valence-electron chi connectivity index (χ1n) is 13.5. The monoisotopic (exact) mass is 583 g/mol. The molecule has 1 amide bonds. The molecule has 1 fully saturated rings. The summed E-state index contributed by atoms with van der Waals surface area (Å²) < 4.78 is 7.05. The van der Waals surface area contributed by atoms with Gasteiger partial charge < -0.3 is 29.9 Å². The zero-order valence-electron chi connectivity index (χ0n) is 24.1. The van der Waals surface area contributed by atoms with Crippen molar-refractivity contribution in [3.05, 3.63) is 106 Å². The lowest BCUT2D eigenvalue weighted by atomic mass is 9.96. The molecule has 5 rings (SSSR count). The maximum atomic E-state index is 12.1. The quantitative estimate of drug-likeness (QED) is 0.231. The third kappa shape index (κ3) is 5.38. The number of ether oxygens (including phenoxy) is 1. The Morgan fingerprint density at radius 1 is 1.05 bits per heavy atom. The highest BCUT2D eigenvalue weighted by Crippen LogP contribution is 2.44. The lowest BCUT2D eigenvalue weighted by Gasteiger charge is -2.29. The lowest BCUT2D eigenvalue weighted by Crippen LogP contribution is -2.29. The molecule has 1 aliphatic heterocycles. The molecule has 3 heterocycles. The first kappa shape index (κ1) is 29.0. The number of aromatic carboxylic acids is 1. The molecular formula is C32H33N5O4S. The van der Waals surface area contributed by atoms with E-state index in [0.717, 1.165) is 45.1 Å². The number of pyridine rings is 1. The number of benzene rings is 2. The van der Waals surface area contributed by atoms with Crippen molar-refractivity contribution in [1.29, 1.82) is 0 Å². The number of aromatic nitrogens is 2. The molecule has 10 heteroatoms. The van der Waals surface area contributed by atoms with Gasteiger partial charge in [-0.15, -0.1) is 0 Å². The van der Waals surface area contributed by atoms with E-state index in [1.54, 1.807) is 18.3 Å². The maximum Gasteiger partial charge on any atom is 0.335 e. The van der Waals surface area contributed by atoms with Gasteiger partial charge in [-0.25, -0.2) is 4.79 Å². The number of hydrogen-bond acceptors (Lipinski definition) is 5. The van der Waals surface area contributed by atoms with Crippen LogP contribution < -0.4 is 15.5 Å². The summed E-state index contributed by atoms with van der Waals surface area (Å²) in [6, 6.07) is 18.4. The third-order valence-corrected chi connectivity index (χ3v) is 7.94. The normalized spacial score (nSPS) is 16.4. The summed E-state index contributed by atoms with van der Waals surface area (Å²) in [6.07, 6.45) is 1.77. The van der Waals surface area contributed by atoms with Crippen molar-refractivity contribution < 1.29 is 19.4 Å². The van der Waals surface area contributed by atoms with E-state index in [2.05, 4.69) is 31.2 Å². The molecule has 0 aliphatic carbocycles. The van der Waals surface area contributed by atoms with Crippen LogP contribution in [0, 0.1) is 27.7 Å². The standard InChI is InChI=1S/C32H33N5O4S/c1-18-9-10-22(31(39)40)16-27(18)36-20(3)15-24(21(36)4)30-29(26-8-6-7-13-33-26)35-32(42)37(30)23-11-12-25(19(2)14-23)34-28(38)17-41-5/h6-16,29-30H,17H2,1-5H3,(H,34,38)(H,35,42)(H,39,40). The van der Waals surface area contributed by atoms with Gasteiger partial charge in [0.15, 0.2) is 5.11 Å². The zero-order chi connectivity index (χ0) is 30.1. The molecule has 2 aromatic heterocycles. The van der Waals surface area contributed by atoms with Crippen molar-refractivity contribution in [1.82, 2.24) is 14.9 Å². The summed E-state index contributed by atoms with van der Waals surface area (Å²) >= 11 is 5.93. The second kappa shape index (κ2) is 11.8. The van der Waals surface area contributed by atoms with Crippen molar-refractivity contribution in [3.63, 3.8) is 0 Å². The number of carboxylic acid groups (broad SMARTS) is 1. The Labute approximate surface area is 250 Å². The summed E-state index contributed by atoms with van der Waals surface area (Å²) in [5, 5.41) is 16.6. The molecule has 216 valence electrons. The lowest BCUT2D eigenvalue weighted by molar-refractivity contribution is -0.119. The molecular weight excluding hydrogens is 550 g/mol. The van der Waals surface area contributed by atoms with E-state index >= 15 is 0 Å². The van der Waals surface area contributed by atoms with Gasteiger partial charge in [0, 0.05) is 41.8 Å². The minimum absolute atomic E-state index is 0.0282. The molecule has 0 saturated carbocycles. The largest absolute Gasteiger partial charge is 0.478 e. The highest BCUT2D eigenvalue weighted by molar-refractivity contribution is 7.80. The van der Waals surface area contributed by atoms with Gasteiger partial charge >= 0.3 is 5.97 Å². The van der Waals surface area contributed by atoms with Crippen LogP contribution in [0.3, 0.4) is 0 Å². The second-order valence-electron chi connectivity index (χ2n) is 10.4. The molecule has 2 unspecified atom stereocenters. The van der Waals surface area contributed by atoms with E-state index in [1.807, 2.05) is 70.2 Å². The van der Waals surface area contributed by atoms with Crippen LogP contribution in [0.25, 0.3) is 5.69 Å². The molecule has 0 spiro atoms. The summed E-state index contributed by atoms with van der Waals surface area (Å²) in [5.74, 6) is -1.20. The smallest absolute Gasteiger partial charge is 0.335 e. The van der Waals surface area contributed by atoms with E-state index in [-0.39, 0.29) is 30.2 Å². The Bertz CT molecular complexity index is 1680. The molecule has 0 radical (unpaired) electrons. The average Bonchev–Trinajstić information content (AvgIpc) is 3.45. The number of rotatable bonds is 8. The van der Waals surface area contributed by atoms with Crippen molar-refractivity contribution in [2.75, 3.05) is 23.9 Å². The van der Waals surface area contributed by atoms with Gasteiger partial charge in [-0.1, -0.05) is 12.1 Å². The molecule has 2 atom stereocenters. The van der Waals surface area contributed by atoms with Crippen LogP contribution in [0.5, 0.6) is 0 Å². The van der Waals surface area contributed by atoms with Crippen LogP contribution in [-0.2, 0) is 9.53 Å². The van der Waals surface area contributed by atoms with Crippen molar-refractivity contribution >= 4 is 40.6 Å². The predicted molar refractivity (Wildman–Crippen MR) is 167 cm³/mol. The Kier molecular flexibility index (Phi) is 8.11. The van der Waals surface area contributed by atoms with Crippen LogP contribution in [0.1, 0.15) is 56.2 Å². The fraction of sp³-hybridized carbons (Fsp3) is 0.250. The number of nitrogens with one attached hydrogen (secondary N) is 2. The molecule has 2 aromatic carbocycles. The summed E-state index contributed by atoms with van der Waals surface area (Å²) in [7, 11) is 1.48. The molecule has 9 nitrogen and oxygen atoms in total. The number of carboxylic acids is 1. The van der Waals surface area contributed by atoms with Crippen LogP contribution in [0.4, 0.5) is 11.4 Å². The van der Waals surface area contributed by atoms with Gasteiger partial charge in [0.25, 0.3) is 0 Å². The van der Waals surface area contributed by atoms with Crippen LogP contribution in [0.15, 0.2) is 66.9 Å². The summed E-state index contributed by atoms with van der Waals surface area (Å²) in [6.45, 7) is 7.95. The number of thiocarbonyl (C=S) groups is 1. The van der Waals surface area contributed by atoms with Gasteiger partial charge in [0.2, 0.25) is 5.91 Å². The van der Waals surface area contributed by atoms with Gasteiger partial charge in [-0.2, -0.15) is 0 Å². The van der Waals surface area contributed by atoms with E-state index in [4.69, 9.17) is 17.0 Å². The van der Waals surface area contributed by atoms with E-state index in [0.29, 0.717) is 10.8 Å². The Balaban J connectivity index is 1.63. The van der Waals surface area contributed by atoms with Gasteiger partial charge in [-0.3, -0.25) is 9.78 Å². The molecule has 0 bridgehead atoms. The maximum absolute atomic E-state index is 12.1. The van der Waals surface area contributed by atoms with Crippen LogP contribution >= 0.6 is 12.2 Å². The second-order valence-corrected chi connectivity index (χ2v) is 10.8. The van der Waals surface area contributed by atoms with Gasteiger partial charge in [-0.05, 0) is 105 Å². The highest BCUT2D eigenvalue weighted by Gasteiger charge is 2.42. The first-order chi connectivity index (χ1) is 20.1. The minimum Gasteiger partial charge on any atom is -0.478 e. The predicted octanol–water partition coefficient (Wildman–Crippen LogP) is 5.57. The van der Waals surface area contributed by atoms with Crippen LogP contribution in [-0.4, -0.2) is 45.4 Å². The molecule has 1 saturated heterocycles. The fourth-order valence-corrected chi connectivity index (χ4v) is 5.99. The Morgan fingerprint density at radius 2 is 1.83 bits per heavy atom. The van der Waals surface area contributed by atoms with Gasteiger partial charge in [0.05, 0.1) is 23.3 Å². The number of aryl methyl sites for hydroxylation is 3. The number of carbonyl (C=O) groups is 2. The number of amides is 1. The Hall–Kier alpha value is -4.54. The number of carbonyl (C=O) groups excluding carboxylic acids is 1. The highest BCUT2D eigenvalue weighted by atomic mass is 32.1. The summed E-state index contributed by atoms with van der Waals surface area (Å²) in [4.78, 5) is 30.7. The van der Waals surface area contributed by atoms with E-state index in [9.17, 15) is 14.7 Å². The van der Waals surface area contributed by atoms with Crippen molar-refractivity contribution in [2.24, 2.45) is 0 Å². The van der Waals surface area contributed by atoms with E-state index < -0.39 is 5.97 Å². The zero-order valence-corrected chi connectivity index (χ0v) is 25.0. The average molecular weight is 584 g/mol. The molecule has 42 heavy (non-hydrogen) atoms. The molecule has 3 N–H and O–H groups in total. The number of hydrogen-bond donors (Lipinski definition) is 3. The third-order valence-electron chi connectivity index (χ3n) is 7.62. The first-order valence-corrected chi connectivity index (χ1v) is 13.9.